The zero-order chi connectivity index (χ0) is 20.9. The molecule has 0 aliphatic heterocycles. The maximum Gasteiger partial charge on any atom is 0.453 e. The maximum absolute atomic E-state index is 14.0. The number of hydrogen-bond acceptors (Lipinski definition) is 5. The van der Waals surface area contributed by atoms with E-state index in [-0.39, 0.29) is 12.1 Å². The molecule has 2 heterocycles. The minimum Gasteiger partial charge on any atom is -0.282 e. The van der Waals surface area contributed by atoms with Crippen LogP contribution in [-0.4, -0.2) is 32.7 Å². The third kappa shape index (κ3) is 3.68. The van der Waals surface area contributed by atoms with Crippen molar-refractivity contribution in [1.82, 2.24) is 19.7 Å². The van der Waals surface area contributed by atoms with E-state index in [1.807, 2.05) is 0 Å². The summed E-state index contributed by atoms with van der Waals surface area (Å²) in [5.74, 6) is -7.60. The number of aromatic nitrogens is 4. The van der Waals surface area contributed by atoms with Gasteiger partial charge in [0.2, 0.25) is 0 Å². The molecule has 28 heavy (non-hydrogen) atoms. The van der Waals surface area contributed by atoms with Crippen LogP contribution in [0.2, 0.25) is 0 Å². The van der Waals surface area contributed by atoms with Gasteiger partial charge in [-0.25, -0.2) is 23.1 Å². The Labute approximate surface area is 152 Å². The van der Waals surface area contributed by atoms with E-state index >= 15 is 0 Å². The summed E-state index contributed by atoms with van der Waals surface area (Å²) in [6, 6.07) is 2.04. The number of pyridine rings is 1. The van der Waals surface area contributed by atoms with Crippen LogP contribution in [0.3, 0.4) is 0 Å². The maximum atomic E-state index is 14.0. The molecule has 0 bridgehead atoms. The summed E-state index contributed by atoms with van der Waals surface area (Å²) in [7, 11) is -4.64. The highest BCUT2D eigenvalue weighted by atomic mass is 32.2. The van der Waals surface area contributed by atoms with E-state index in [2.05, 4.69) is 15.1 Å². The van der Waals surface area contributed by atoms with Gasteiger partial charge in [0.15, 0.2) is 23.3 Å². The van der Waals surface area contributed by atoms with Crippen molar-refractivity contribution in [2.45, 2.75) is 11.1 Å². The molecule has 0 aliphatic rings. The molecule has 0 saturated carbocycles. The molecule has 1 N–H and O–H groups in total. The fraction of sp³-hybridized carbons (Fsp3) is 0.0714. The van der Waals surface area contributed by atoms with E-state index in [9.17, 15) is 34.8 Å². The second-order valence-electron chi connectivity index (χ2n) is 5.24. The third-order valence-corrected chi connectivity index (χ3v) is 4.18. The zero-order valence-electron chi connectivity index (χ0n) is 13.1. The van der Waals surface area contributed by atoms with Gasteiger partial charge in [0.1, 0.15) is 10.7 Å². The normalized spacial score (nSPS) is 12.4. The molecule has 14 heteroatoms. The van der Waals surface area contributed by atoms with Crippen molar-refractivity contribution in [2.75, 3.05) is 0 Å². The van der Waals surface area contributed by atoms with Crippen LogP contribution in [0.4, 0.5) is 26.3 Å². The number of rotatable bonds is 3. The van der Waals surface area contributed by atoms with Crippen LogP contribution in [0.5, 0.6) is 0 Å². The second-order valence-corrected chi connectivity index (χ2v) is 6.66. The minimum atomic E-state index is -5.07. The summed E-state index contributed by atoms with van der Waals surface area (Å²) in [5, 5.41) is 3.14. The fourth-order valence-corrected chi connectivity index (χ4v) is 2.54. The van der Waals surface area contributed by atoms with Crippen LogP contribution < -0.4 is 0 Å². The van der Waals surface area contributed by atoms with Crippen LogP contribution in [0.15, 0.2) is 35.4 Å². The number of halogens is 6. The Morgan fingerprint density at radius 3 is 2.18 bits per heavy atom. The van der Waals surface area contributed by atoms with Crippen molar-refractivity contribution in [3.05, 3.63) is 53.7 Å². The Bertz CT molecular complexity index is 1160. The number of alkyl halides is 3. The highest BCUT2D eigenvalue weighted by Gasteiger charge is 2.38. The first-order valence-electron chi connectivity index (χ1n) is 7.01. The zero-order valence-corrected chi connectivity index (χ0v) is 13.9. The molecule has 3 aromatic rings. The van der Waals surface area contributed by atoms with E-state index < -0.39 is 61.7 Å². The Morgan fingerprint density at radius 1 is 1.00 bits per heavy atom. The monoisotopic (exact) mass is 424 g/mol. The van der Waals surface area contributed by atoms with Gasteiger partial charge in [-0.05, 0) is 18.2 Å². The van der Waals surface area contributed by atoms with Crippen LogP contribution in [0.1, 0.15) is 5.82 Å². The second kappa shape index (κ2) is 6.56. The van der Waals surface area contributed by atoms with Gasteiger partial charge in [-0.2, -0.15) is 26.3 Å². The first-order valence-corrected chi connectivity index (χ1v) is 8.45. The van der Waals surface area contributed by atoms with Gasteiger partial charge in [-0.15, -0.1) is 5.10 Å². The van der Waals surface area contributed by atoms with Crippen LogP contribution >= 0.6 is 0 Å². The molecule has 3 rings (SSSR count). The standard InChI is InChI=1S/C14H6F6N4O3S/c15-8-4-10(17)9(16)3-7(8)12-22-13(14(18,19)20)23-24(12)11-2-1-6(5-21-11)28(25,26)27/h1-5H,(H,25,26,27). The summed E-state index contributed by atoms with van der Waals surface area (Å²) in [6.07, 6.45) is -4.46. The Hall–Kier alpha value is -3.00. The van der Waals surface area contributed by atoms with Crippen molar-refractivity contribution in [2.24, 2.45) is 0 Å². The lowest BCUT2D eigenvalue weighted by molar-refractivity contribution is -0.144. The molecule has 0 radical (unpaired) electrons. The smallest absolute Gasteiger partial charge is 0.282 e. The van der Waals surface area contributed by atoms with Crippen molar-refractivity contribution >= 4 is 10.1 Å². The number of nitrogens with zero attached hydrogens (tertiary/aromatic N) is 4. The largest absolute Gasteiger partial charge is 0.453 e. The van der Waals surface area contributed by atoms with Crippen molar-refractivity contribution in [3.8, 4) is 17.2 Å². The lowest BCUT2D eigenvalue weighted by Gasteiger charge is -2.07. The summed E-state index contributed by atoms with van der Waals surface area (Å²) < 4.78 is 111. The van der Waals surface area contributed by atoms with E-state index in [0.717, 1.165) is 12.1 Å². The average molecular weight is 424 g/mol. The van der Waals surface area contributed by atoms with Gasteiger partial charge < -0.3 is 0 Å². The van der Waals surface area contributed by atoms with Gasteiger partial charge in [0.05, 0.1) is 11.8 Å². The van der Waals surface area contributed by atoms with Gasteiger partial charge in [0, 0.05) is 6.07 Å². The molecule has 0 spiro atoms. The van der Waals surface area contributed by atoms with Crippen LogP contribution in [0.25, 0.3) is 17.2 Å². The van der Waals surface area contributed by atoms with Crippen molar-refractivity contribution in [3.63, 3.8) is 0 Å². The van der Waals surface area contributed by atoms with E-state index in [1.165, 1.54) is 0 Å². The quantitative estimate of drug-likeness (QED) is 0.394. The Morgan fingerprint density at radius 2 is 1.64 bits per heavy atom. The van der Waals surface area contributed by atoms with Gasteiger partial charge >= 0.3 is 6.18 Å². The molecular weight excluding hydrogens is 418 g/mol. The van der Waals surface area contributed by atoms with Crippen LogP contribution in [0, 0.1) is 17.5 Å². The summed E-state index contributed by atoms with van der Waals surface area (Å²) in [4.78, 5) is 5.98. The molecule has 0 saturated heterocycles. The van der Waals surface area contributed by atoms with E-state index in [1.54, 1.807) is 0 Å². The van der Waals surface area contributed by atoms with Gasteiger partial charge in [0.25, 0.3) is 15.9 Å². The van der Waals surface area contributed by atoms with Crippen molar-refractivity contribution < 1.29 is 39.3 Å². The van der Waals surface area contributed by atoms with Crippen LogP contribution in [-0.2, 0) is 16.3 Å². The molecule has 148 valence electrons. The van der Waals surface area contributed by atoms with E-state index in [4.69, 9.17) is 4.55 Å². The van der Waals surface area contributed by atoms with Gasteiger partial charge in [-0.3, -0.25) is 4.55 Å². The summed E-state index contributed by atoms with van der Waals surface area (Å²) in [5.41, 5.74) is -0.845. The number of benzene rings is 1. The fourth-order valence-electron chi connectivity index (χ4n) is 2.11. The highest BCUT2D eigenvalue weighted by Crippen LogP contribution is 2.31. The molecule has 0 unspecified atom stereocenters. The summed E-state index contributed by atoms with van der Waals surface area (Å²) >= 11 is 0. The SMILES string of the molecule is O=S(=O)(O)c1ccc(-n2nc(C(F)(F)F)nc2-c2cc(F)c(F)cc2F)nc1. The summed E-state index contributed by atoms with van der Waals surface area (Å²) in [6.45, 7) is 0. The first kappa shape index (κ1) is 19.8. The molecule has 0 atom stereocenters. The molecule has 0 fully saturated rings. The van der Waals surface area contributed by atoms with E-state index in [0.29, 0.717) is 10.9 Å². The molecule has 0 amide bonds. The minimum absolute atomic E-state index is 0.117. The molecule has 1 aromatic carbocycles. The predicted molar refractivity (Wildman–Crippen MR) is 79.3 cm³/mol. The Balaban J connectivity index is 2.24. The Kier molecular flexibility index (Phi) is 4.63. The van der Waals surface area contributed by atoms with Gasteiger partial charge in [-0.1, -0.05) is 0 Å². The van der Waals surface area contributed by atoms with Crippen molar-refractivity contribution in [1.29, 1.82) is 0 Å². The average Bonchev–Trinajstić information content (AvgIpc) is 3.03. The molecule has 7 nitrogen and oxygen atoms in total. The lowest BCUT2D eigenvalue weighted by atomic mass is 10.2. The third-order valence-electron chi connectivity index (χ3n) is 3.35. The predicted octanol–water partition coefficient (Wildman–Crippen LogP) is 3.01. The highest BCUT2D eigenvalue weighted by molar-refractivity contribution is 7.85. The first-order chi connectivity index (χ1) is 12.9. The molecule has 0 aliphatic carbocycles. The molecular formula is C14H6F6N4O3S. The number of hydrogen-bond donors (Lipinski definition) is 1. The lowest BCUT2D eigenvalue weighted by Crippen LogP contribution is -2.09. The molecule has 2 aromatic heterocycles. The topological polar surface area (TPSA) is 98.0 Å².